The lowest BCUT2D eigenvalue weighted by Crippen LogP contribution is -2.43. The quantitative estimate of drug-likeness (QED) is 0.882. The standard InChI is InChI=1S/C12H15NO5S/c1-13-8(5-12(14)15)7-19(16,17)11-4-3-9(18-2)6-10(11)13/h3-4,6,8H,5,7H2,1-2H3,(H,14,15). The van der Waals surface area contributed by atoms with E-state index in [-0.39, 0.29) is 17.1 Å². The minimum absolute atomic E-state index is 0.185. The average molecular weight is 285 g/mol. The Morgan fingerprint density at radius 1 is 1.53 bits per heavy atom. The molecule has 1 aromatic rings. The van der Waals surface area contributed by atoms with Crippen LogP contribution in [0.2, 0.25) is 0 Å². The Labute approximate surface area is 111 Å². The van der Waals surface area contributed by atoms with E-state index in [0.29, 0.717) is 11.4 Å². The summed E-state index contributed by atoms with van der Waals surface area (Å²) < 4.78 is 29.4. The van der Waals surface area contributed by atoms with Crippen LogP contribution in [0.1, 0.15) is 6.42 Å². The molecule has 0 aromatic heterocycles. The molecule has 0 saturated carbocycles. The first-order chi connectivity index (χ1) is 8.85. The maximum absolute atomic E-state index is 12.1. The van der Waals surface area contributed by atoms with Crippen LogP contribution in [0.15, 0.2) is 23.1 Å². The van der Waals surface area contributed by atoms with Crippen molar-refractivity contribution >= 4 is 21.5 Å². The Kier molecular flexibility index (Phi) is 3.40. The first-order valence-corrected chi connectivity index (χ1v) is 7.36. The summed E-state index contributed by atoms with van der Waals surface area (Å²) in [5.41, 5.74) is 0.483. The van der Waals surface area contributed by atoms with Gasteiger partial charge in [0.25, 0.3) is 0 Å². The Balaban J connectivity index is 2.51. The van der Waals surface area contributed by atoms with Gasteiger partial charge >= 0.3 is 5.97 Å². The Morgan fingerprint density at radius 2 is 2.21 bits per heavy atom. The lowest BCUT2D eigenvalue weighted by atomic mass is 10.1. The van der Waals surface area contributed by atoms with Gasteiger partial charge in [-0.15, -0.1) is 0 Å². The summed E-state index contributed by atoms with van der Waals surface area (Å²) in [7, 11) is -0.266. The molecule has 0 spiro atoms. The number of anilines is 1. The van der Waals surface area contributed by atoms with Crippen LogP contribution >= 0.6 is 0 Å². The number of ether oxygens (including phenoxy) is 1. The van der Waals surface area contributed by atoms with E-state index in [1.165, 1.54) is 13.2 Å². The molecular weight excluding hydrogens is 270 g/mol. The van der Waals surface area contributed by atoms with Gasteiger partial charge in [-0.3, -0.25) is 4.79 Å². The fraction of sp³-hybridized carbons (Fsp3) is 0.417. The molecule has 19 heavy (non-hydrogen) atoms. The first kappa shape index (κ1) is 13.7. The zero-order valence-corrected chi connectivity index (χ0v) is 11.5. The number of fused-ring (bicyclic) bond motifs is 1. The second-order valence-electron chi connectivity index (χ2n) is 4.48. The summed E-state index contributed by atoms with van der Waals surface area (Å²) in [6.07, 6.45) is -0.216. The van der Waals surface area contributed by atoms with Gasteiger partial charge in [-0.25, -0.2) is 8.42 Å². The highest BCUT2D eigenvalue weighted by Gasteiger charge is 2.35. The highest BCUT2D eigenvalue weighted by atomic mass is 32.2. The zero-order chi connectivity index (χ0) is 14.2. The van der Waals surface area contributed by atoms with E-state index in [0.717, 1.165) is 0 Å². The molecule has 0 amide bonds. The lowest BCUT2D eigenvalue weighted by molar-refractivity contribution is -0.137. The smallest absolute Gasteiger partial charge is 0.305 e. The molecule has 1 aliphatic rings. The van der Waals surface area contributed by atoms with E-state index in [4.69, 9.17) is 9.84 Å². The number of carbonyl (C=O) groups is 1. The Morgan fingerprint density at radius 3 is 2.79 bits per heavy atom. The van der Waals surface area contributed by atoms with Gasteiger partial charge in [-0.1, -0.05) is 0 Å². The fourth-order valence-corrected chi connectivity index (χ4v) is 4.04. The first-order valence-electron chi connectivity index (χ1n) is 5.70. The maximum atomic E-state index is 12.1. The Bertz CT molecular complexity index is 611. The summed E-state index contributed by atoms with van der Waals surface area (Å²) in [6.45, 7) is 0. The summed E-state index contributed by atoms with van der Waals surface area (Å²) in [6, 6.07) is 4.13. The third-order valence-corrected chi connectivity index (χ3v) is 5.09. The second kappa shape index (κ2) is 4.73. The van der Waals surface area contributed by atoms with Crippen LogP contribution in [0, 0.1) is 0 Å². The number of rotatable bonds is 3. The maximum Gasteiger partial charge on any atom is 0.305 e. The van der Waals surface area contributed by atoms with Gasteiger partial charge < -0.3 is 14.7 Å². The molecule has 1 aromatic carbocycles. The van der Waals surface area contributed by atoms with E-state index in [1.54, 1.807) is 24.1 Å². The predicted octanol–water partition coefficient (Wildman–Crippen LogP) is 0.762. The molecule has 0 saturated heterocycles. The molecule has 7 heteroatoms. The number of benzene rings is 1. The molecule has 2 rings (SSSR count). The van der Waals surface area contributed by atoms with Crippen molar-refractivity contribution < 1.29 is 23.1 Å². The number of nitrogens with zero attached hydrogens (tertiary/aromatic N) is 1. The number of hydrogen-bond donors (Lipinski definition) is 1. The molecule has 0 bridgehead atoms. The van der Waals surface area contributed by atoms with Gasteiger partial charge in [0.05, 0.1) is 35.9 Å². The van der Waals surface area contributed by atoms with Crippen molar-refractivity contribution in [2.45, 2.75) is 17.4 Å². The van der Waals surface area contributed by atoms with E-state index in [1.807, 2.05) is 0 Å². The predicted molar refractivity (Wildman–Crippen MR) is 69.5 cm³/mol. The topological polar surface area (TPSA) is 83.9 Å². The number of methoxy groups -OCH3 is 1. The molecule has 0 aliphatic carbocycles. The third-order valence-electron chi connectivity index (χ3n) is 3.25. The van der Waals surface area contributed by atoms with Crippen molar-refractivity contribution in [3.05, 3.63) is 18.2 Å². The second-order valence-corrected chi connectivity index (χ2v) is 6.48. The van der Waals surface area contributed by atoms with E-state index in [9.17, 15) is 13.2 Å². The molecule has 1 aliphatic heterocycles. The minimum Gasteiger partial charge on any atom is -0.497 e. The lowest BCUT2D eigenvalue weighted by Gasteiger charge is -2.35. The zero-order valence-electron chi connectivity index (χ0n) is 10.7. The van der Waals surface area contributed by atoms with Crippen molar-refractivity contribution in [1.82, 2.24) is 0 Å². The summed E-state index contributed by atoms with van der Waals surface area (Å²) in [5, 5.41) is 8.86. The van der Waals surface area contributed by atoms with Gasteiger partial charge in [0.2, 0.25) is 0 Å². The molecule has 1 unspecified atom stereocenters. The van der Waals surface area contributed by atoms with Crippen LogP contribution < -0.4 is 9.64 Å². The highest BCUT2D eigenvalue weighted by Crippen LogP contribution is 2.35. The largest absolute Gasteiger partial charge is 0.497 e. The fourth-order valence-electron chi connectivity index (χ4n) is 2.21. The van der Waals surface area contributed by atoms with Crippen molar-refractivity contribution in [2.24, 2.45) is 0 Å². The van der Waals surface area contributed by atoms with Crippen molar-refractivity contribution in [1.29, 1.82) is 0 Å². The molecule has 1 N–H and O–H groups in total. The van der Waals surface area contributed by atoms with Gasteiger partial charge in [-0.05, 0) is 12.1 Å². The van der Waals surface area contributed by atoms with Crippen LogP contribution in [0.5, 0.6) is 5.75 Å². The average Bonchev–Trinajstić information content (AvgIpc) is 2.34. The molecule has 6 nitrogen and oxygen atoms in total. The van der Waals surface area contributed by atoms with Crippen molar-refractivity contribution in [2.75, 3.05) is 24.8 Å². The van der Waals surface area contributed by atoms with Crippen molar-refractivity contribution in [3.8, 4) is 5.75 Å². The molecule has 104 valence electrons. The van der Waals surface area contributed by atoms with Gasteiger partial charge in [-0.2, -0.15) is 0 Å². The number of hydrogen-bond acceptors (Lipinski definition) is 5. The van der Waals surface area contributed by atoms with Crippen LogP contribution in [-0.4, -0.2) is 45.4 Å². The third kappa shape index (κ3) is 2.51. The van der Waals surface area contributed by atoms with E-state index >= 15 is 0 Å². The molecule has 1 heterocycles. The normalized spacial score (nSPS) is 20.7. The molecular formula is C12H15NO5S. The van der Waals surface area contributed by atoms with E-state index in [2.05, 4.69) is 0 Å². The minimum atomic E-state index is -3.46. The number of carboxylic acids is 1. The Hall–Kier alpha value is -1.76. The number of sulfone groups is 1. The highest BCUT2D eigenvalue weighted by molar-refractivity contribution is 7.91. The van der Waals surface area contributed by atoms with Gasteiger partial charge in [0, 0.05) is 13.1 Å². The van der Waals surface area contributed by atoms with Crippen LogP contribution in [0.3, 0.4) is 0 Å². The monoisotopic (exact) mass is 285 g/mol. The van der Waals surface area contributed by atoms with Crippen LogP contribution in [0.25, 0.3) is 0 Å². The van der Waals surface area contributed by atoms with Gasteiger partial charge in [0.15, 0.2) is 9.84 Å². The summed E-state index contributed by atoms with van der Waals surface area (Å²) in [4.78, 5) is 12.7. The summed E-state index contributed by atoms with van der Waals surface area (Å²) in [5.74, 6) is -0.662. The SMILES string of the molecule is COc1ccc2c(c1)N(C)C(CC(=O)O)CS2(=O)=O. The van der Waals surface area contributed by atoms with Crippen LogP contribution in [-0.2, 0) is 14.6 Å². The molecule has 1 atom stereocenters. The summed E-state index contributed by atoms with van der Waals surface area (Å²) >= 11 is 0. The van der Waals surface area contributed by atoms with Gasteiger partial charge in [0.1, 0.15) is 5.75 Å². The van der Waals surface area contributed by atoms with Crippen molar-refractivity contribution in [3.63, 3.8) is 0 Å². The molecule has 0 radical (unpaired) electrons. The number of carboxylic acid groups (broad SMARTS) is 1. The van der Waals surface area contributed by atoms with E-state index < -0.39 is 21.8 Å². The molecule has 0 fully saturated rings. The van der Waals surface area contributed by atoms with Crippen LogP contribution in [0.4, 0.5) is 5.69 Å². The number of aliphatic carboxylic acids is 1.